The topological polar surface area (TPSA) is 59.2 Å². The van der Waals surface area contributed by atoms with Crippen LogP contribution in [0, 0.1) is 11.7 Å². The molecule has 92 valence electrons. The van der Waals surface area contributed by atoms with Crippen LogP contribution in [0.15, 0.2) is 18.3 Å². The number of hydrogen-bond acceptors (Lipinski definition) is 3. The van der Waals surface area contributed by atoms with E-state index in [1.54, 1.807) is 4.90 Å². The Kier molecular flexibility index (Phi) is 3.38. The second-order valence-corrected chi connectivity index (χ2v) is 4.67. The molecule has 0 aromatic carbocycles. The first-order valence-corrected chi connectivity index (χ1v) is 5.72. The monoisotopic (exact) mass is 237 g/mol. The minimum Gasteiger partial charge on any atom is -0.335 e. The van der Waals surface area contributed by atoms with Crippen molar-refractivity contribution in [2.24, 2.45) is 11.7 Å². The Morgan fingerprint density at radius 3 is 2.88 bits per heavy atom. The molecule has 1 fully saturated rings. The third kappa shape index (κ3) is 2.79. The first-order valence-electron chi connectivity index (χ1n) is 5.72. The molecule has 1 aliphatic rings. The molecule has 4 nitrogen and oxygen atoms in total. The number of piperidine rings is 1. The van der Waals surface area contributed by atoms with Gasteiger partial charge in [-0.1, -0.05) is 6.92 Å². The number of carbonyl (C=O) groups excluding carboxylic acids is 1. The zero-order valence-electron chi connectivity index (χ0n) is 9.77. The zero-order chi connectivity index (χ0) is 12.4. The highest BCUT2D eigenvalue weighted by Gasteiger charge is 2.26. The molecule has 1 aliphatic heterocycles. The van der Waals surface area contributed by atoms with Gasteiger partial charge in [-0.2, -0.15) is 0 Å². The fourth-order valence-corrected chi connectivity index (χ4v) is 2.23. The van der Waals surface area contributed by atoms with Crippen molar-refractivity contribution in [3.05, 3.63) is 29.8 Å². The molecular weight excluding hydrogens is 221 g/mol. The molecule has 0 saturated carbocycles. The van der Waals surface area contributed by atoms with Crippen LogP contribution < -0.4 is 5.73 Å². The average Bonchev–Trinajstić information content (AvgIpc) is 2.28. The molecule has 2 N–H and O–H groups in total. The Bertz CT molecular complexity index is 397. The summed E-state index contributed by atoms with van der Waals surface area (Å²) in [4.78, 5) is 17.6. The maximum absolute atomic E-state index is 12.7. The quantitative estimate of drug-likeness (QED) is 0.793. The van der Waals surface area contributed by atoms with E-state index in [1.807, 2.05) is 0 Å². The molecule has 5 heteroatoms. The SMILES string of the molecule is CC1CC(N)CN(C(=O)c2ccc(F)cn2)C1. The van der Waals surface area contributed by atoms with E-state index in [1.165, 1.54) is 12.1 Å². The highest BCUT2D eigenvalue weighted by Crippen LogP contribution is 2.16. The maximum Gasteiger partial charge on any atom is 0.272 e. The number of amides is 1. The van der Waals surface area contributed by atoms with E-state index in [0.717, 1.165) is 12.6 Å². The lowest BCUT2D eigenvalue weighted by atomic mass is 9.96. The standard InChI is InChI=1S/C12H16FN3O/c1-8-4-10(14)7-16(6-8)12(17)11-3-2-9(13)5-15-11/h2-3,5,8,10H,4,6-7,14H2,1H3. The number of hydrogen-bond donors (Lipinski definition) is 1. The normalized spacial score (nSPS) is 24.8. The fraction of sp³-hybridized carbons (Fsp3) is 0.500. The molecule has 1 saturated heterocycles. The lowest BCUT2D eigenvalue weighted by molar-refractivity contribution is 0.0655. The van der Waals surface area contributed by atoms with E-state index >= 15 is 0 Å². The van der Waals surface area contributed by atoms with E-state index in [4.69, 9.17) is 5.73 Å². The largest absolute Gasteiger partial charge is 0.335 e. The summed E-state index contributed by atoms with van der Waals surface area (Å²) in [6.07, 6.45) is 1.99. The number of halogens is 1. The highest BCUT2D eigenvalue weighted by atomic mass is 19.1. The van der Waals surface area contributed by atoms with Crippen molar-refractivity contribution < 1.29 is 9.18 Å². The molecule has 0 aliphatic carbocycles. The van der Waals surface area contributed by atoms with Crippen LogP contribution in [0.2, 0.25) is 0 Å². The van der Waals surface area contributed by atoms with Gasteiger partial charge in [-0.15, -0.1) is 0 Å². The molecule has 2 heterocycles. The van der Waals surface area contributed by atoms with Gasteiger partial charge in [0.05, 0.1) is 6.20 Å². The second kappa shape index (κ2) is 4.79. The Morgan fingerprint density at radius 2 is 2.29 bits per heavy atom. The Labute approximate surface area is 99.6 Å². The van der Waals surface area contributed by atoms with Gasteiger partial charge < -0.3 is 10.6 Å². The Morgan fingerprint density at radius 1 is 1.53 bits per heavy atom. The van der Waals surface area contributed by atoms with Crippen molar-refractivity contribution in [3.63, 3.8) is 0 Å². The van der Waals surface area contributed by atoms with Crippen molar-refractivity contribution in [2.75, 3.05) is 13.1 Å². The predicted octanol–water partition coefficient (Wildman–Crippen LogP) is 1.03. The van der Waals surface area contributed by atoms with Crippen molar-refractivity contribution in [3.8, 4) is 0 Å². The van der Waals surface area contributed by atoms with Gasteiger partial charge in [0.2, 0.25) is 0 Å². The predicted molar refractivity (Wildman–Crippen MR) is 61.9 cm³/mol. The summed E-state index contributed by atoms with van der Waals surface area (Å²) in [5.41, 5.74) is 6.15. The number of aromatic nitrogens is 1. The lowest BCUT2D eigenvalue weighted by Crippen LogP contribution is -2.49. The van der Waals surface area contributed by atoms with Gasteiger partial charge in [-0.25, -0.2) is 9.37 Å². The molecule has 1 aromatic heterocycles. The zero-order valence-corrected chi connectivity index (χ0v) is 9.77. The van der Waals surface area contributed by atoms with E-state index in [-0.39, 0.29) is 17.6 Å². The lowest BCUT2D eigenvalue weighted by Gasteiger charge is -2.34. The molecule has 1 amide bonds. The molecule has 2 atom stereocenters. The van der Waals surface area contributed by atoms with Gasteiger partial charge in [-0.05, 0) is 24.5 Å². The third-order valence-electron chi connectivity index (χ3n) is 2.93. The molecule has 2 unspecified atom stereocenters. The molecule has 0 spiro atoms. The van der Waals surface area contributed by atoms with Gasteiger partial charge in [0.25, 0.3) is 5.91 Å². The smallest absolute Gasteiger partial charge is 0.272 e. The highest BCUT2D eigenvalue weighted by molar-refractivity contribution is 5.92. The van der Waals surface area contributed by atoms with Crippen LogP contribution in [-0.2, 0) is 0 Å². The van der Waals surface area contributed by atoms with Gasteiger partial charge >= 0.3 is 0 Å². The van der Waals surface area contributed by atoms with Crippen molar-refractivity contribution in [2.45, 2.75) is 19.4 Å². The Hall–Kier alpha value is -1.49. The summed E-state index contributed by atoms with van der Waals surface area (Å²) >= 11 is 0. The van der Waals surface area contributed by atoms with Crippen LogP contribution in [0.4, 0.5) is 4.39 Å². The number of rotatable bonds is 1. The van der Waals surface area contributed by atoms with Gasteiger partial charge in [0.15, 0.2) is 0 Å². The molecule has 0 bridgehead atoms. The molecular formula is C12H16FN3O. The number of carbonyl (C=O) groups is 1. The van der Waals surface area contributed by atoms with Crippen LogP contribution >= 0.6 is 0 Å². The molecule has 0 radical (unpaired) electrons. The second-order valence-electron chi connectivity index (χ2n) is 4.67. The first-order chi connectivity index (χ1) is 8.06. The summed E-state index contributed by atoms with van der Waals surface area (Å²) in [6.45, 7) is 3.30. The summed E-state index contributed by atoms with van der Waals surface area (Å²) in [7, 11) is 0. The average molecular weight is 237 g/mol. The van der Waals surface area contributed by atoms with Crippen LogP contribution in [-0.4, -0.2) is 34.9 Å². The number of pyridine rings is 1. The van der Waals surface area contributed by atoms with Crippen molar-refractivity contribution >= 4 is 5.91 Å². The van der Waals surface area contributed by atoms with Crippen LogP contribution in [0.25, 0.3) is 0 Å². The summed E-state index contributed by atoms with van der Waals surface area (Å²) in [5.74, 6) is -0.222. The van der Waals surface area contributed by atoms with E-state index in [2.05, 4.69) is 11.9 Å². The Balaban J connectivity index is 2.11. The minimum atomic E-state index is -0.440. The van der Waals surface area contributed by atoms with E-state index in [0.29, 0.717) is 19.0 Å². The molecule has 1 aromatic rings. The van der Waals surface area contributed by atoms with Crippen molar-refractivity contribution in [1.29, 1.82) is 0 Å². The van der Waals surface area contributed by atoms with Crippen LogP contribution in [0.5, 0.6) is 0 Å². The summed E-state index contributed by atoms with van der Waals surface area (Å²) < 4.78 is 12.7. The van der Waals surface area contributed by atoms with Crippen molar-refractivity contribution in [1.82, 2.24) is 9.88 Å². The van der Waals surface area contributed by atoms with Crippen LogP contribution in [0.1, 0.15) is 23.8 Å². The summed E-state index contributed by atoms with van der Waals surface area (Å²) in [6, 6.07) is 2.67. The number of nitrogens with two attached hydrogens (primary N) is 1. The first kappa shape index (κ1) is 12.0. The number of likely N-dealkylation sites (tertiary alicyclic amines) is 1. The molecule has 17 heavy (non-hydrogen) atoms. The third-order valence-corrected chi connectivity index (χ3v) is 2.93. The number of nitrogens with zero attached hydrogens (tertiary/aromatic N) is 2. The minimum absolute atomic E-state index is 0.0168. The van der Waals surface area contributed by atoms with Gasteiger partial charge in [0, 0.05) is 19.1 Å². The van der Waals surface area contributed by atoms with E-state index in [9.17, 15) is 9.18 Å². The fourth-order valence-electron chi connectivity index (χ4n) is 2.23. The maximum atomic E-state index is 12.7. The van der Waals surface area contributed by atoms with Gasteiger partial charge in [0.1, 0.15) is 11.5 Å². The van der Waals surface area contributed by atoms with Gasteiger partial charge in [-0.3, -0.25) is 4.79 Å². The molecule has 2 rings (SSSR count). The van der Waals surface area contributed by atoms with Crippen LogP contribution in [0.3, 0.4) is 0 Å². The van der Waals surface area contributed by atoms with E-state index < -0.39 is 5.82 Å². The summed E-state index contributed by atoms with van der Waals surface area (Å²) in [5, 5.41) is 0.